The molecular formula is C4H7NO3. The molecule has 0 radical (unpaired) electrons. The van der Waals surface area contributed by atoms with Gasteiger partial charge in [-0.15, -0.1) is 0 Å². The van der Waals surface area contributed by atoms with Crippen LogP contribution in [0.25, 0.3) is 0 Å². The number of carboxylic acid groups (broad SMARTS) is 1. The standard InChI is InChI=1S/C4H7NO3/c6-2-4(1-5-4)3(7)8/h5-6H,1-2H2,(H,7,8). The molecule has 4 heteroatoms. The Kier molecular flexibility index (Phi) is 0.988. The van der Waals surface area contributed by atoms with Crippen LogP contribution in [-0.4, -0.2) is 34.9 Å². The van der Waals surface area contributed by atoms with Gasteiger partial charge in [-0.3, -0.25) is 10.1 Å². The first-order valence-corrected chi connectivity index (χ1v) is 2.30. The smallest absolute Gasteiger partial charge is 0.327 e. The van der Waals surface area contributed by atoms with Gasteiger partial charge < -0.3 is 10.2 Å². The summed E-state index contributed by atoms with van der Waals surface area (Å²) >= 11 is 0. The fourth-order valence-corrected chi connectivity index (χ4v) is 0.437. The molecule has 0 aromatic rings. The van der Waals surface area contributed by atoms with Crippen molar-refractivity contribution in [2.45, 2.75) is 5.54 Å². The normalized spacial score (nSPS) is 34.6. The highest BCUT2D eigenvalue weighted by Gasteiger charge is 2.49. The minimum absolute atomic E-state index is 0.317. The van der Waals surface area contributed by atoms with Crippen LogP contribution in [-0.2, 0) is 4.79 Å². The molecule has 0 aromatic heterocycles. The average Bonchev–Trinajstić information content (AvgIpc) is 2.44. The van der Waals surface area contributed by atoms with Crippen molar-refractivity contribution in [3.8, 4) is 0 Å². The van der Waals surface area contributed by atoms with E-state index in [1.54, 1.807) is 0 Å². The van der Waals surface area contributed by atoms with Crippen LogP contribution in [0, 0.1) is 0 Å². The van der Waals surface area contributed by atoms with Crippen molar-refractivity contribution in [1.82, 2.24) is 5.32 Å². The molecule has 1 saturated heterocycles. The highest BCUT2D eigenvalue weighted by Crippen LogP contribution is 2.14. The number of hydrogen-bond donors (Lipinski definition) is 3. The molecule has 1 atom stereocenters. The number of aliphatic carboxylic acids is 1. The third-order valence-corrected chi connectivity index (χ3v) is 1.28. The molecule has 0 amide bonds. The van der Waals surface area contributed by atoms with Gasteiger partial charge in [-0.25, -0.2) is 0 Å². The lowest BCUT2D eigenvalue weighted by atomic mass is 10.2. The number of carbonyl (C=O) groups is 1. The molecule has 1 heterocycles. The second-order valence-electron chi connectivity index (χ2n) is 1.90. The Hall–Kier alpha value is -0.610. The lowest BCUT2D eigenvalue weighted by Gasteiger charge is -1.99. The minimum atomic E-state index is -0.986. The highest BCUT2D eigenvalue weighted by molar-refractivity contribution is 5.82. The Morgan fingerprint density at radius 1 is 1.88 bits per heavy atom. The number of rotatable bonds is 2. The summed E-state index contributed by atoms with van der Waals surface area (Å²) in [5.74, 6) is -0.972. The van der Waals surface area contributed by atoms with Gasteiger partial charge in [-0.2, -0.15) is 0 Å². The van der Waals surface area contributed by atoms with E-state index in [1.807, 2.05) is 0 Å². The van der Waals surface area contributed by atoms with Gasteiger partial charge in [0.25, 0.3) is 0 Å². The summed E-state index contributed by atoms with van der Waals surface area (Å²) in [4.78, 5) is 10.1. The van der Waals surface area contributed by atoms with Gasteiger partial charge in [-0.1, -0.05) is 0 Å². The van der Waals surface area contributed by atoms with E-state index < -0.39 is 11.5 Å². The molecule has 1 aliphatic heterocycles. The van der Waals surface area contributed by atoms with Crippen molar-refractivity contribution in [2.24, 2.45) is 0 Å². The molecule has 0 aliphatic carbocycles. The van der Waals surface area contributed by atoms with Gasteiger partial charge in [-0.05, 0) is 0 Å². The van der Waals surface area contributed by atoms with E-state index in [2.05, 4.69) is 5.32 Å². The van der Waals surface area contributed by atoms with Crippen LogP contribution in [0.2, 0.25) is 0 Å². The third kappa shape index (κ3) is 0.579. The SMILES string of the molecule is O=C(O)C1(CO)CN1. The van der Waals surface area contributed by atoms with Crippen LogP contribution in [0.1, 0.15) is 0 Å². The van der Waals surface area contributed by atoms with E-state index in [-0.39, 0.29) is 6.61 Å². The topological polar surface area (TPSA) is 79.5 Å². The largest absolute Gasteiger partial charge is 0.480 e. The zero-order valence-corrected chi connectivity index (χ0v) is 4.22. The van der Waals surface area contributed by atoms with Crippen LogP contribution in [0.3, 0.4) is 0 Å². The maximum absolute atomic E-state index is 10.1. The summed E-state index contributed by atoms with van der Waals surface area (Å²) in [6, 6.07) is 0. The van der Waals surface area contributed by atoms with Crippen molar-refractivity contribution in [1.29, 1.82) is 0 Å². The Morgan fingerprint density at radius 2 is 2.38 bits per heavy atom. The maximum atomic E-state index is 10.1. The number of carboxylic acids is 1. The quantitative estimate of drug-likeness (QED) is 0.381. The van der Waals surface area contributed by atoms with Crippen LogP contribution in [0.5, 0.6) is 0 Å². The first-order valence-electron chi connectivity index (χ1n) is 2.30. The number of aliphatic hydroxyl groups is 1. The molecule has 4 nitrogen and oxygen atoms in total. The van der Waals surface area contributed by atoms with Crippen molar-refractivity contribution in [3.05, 3.63) is 0 Å². The maximum Gasteiger partial charge on any atom is 0.327 e. The zero-order chi connectivity index (χ0) is 6.20. The van der Waals surface area contributed by atoms with Crippen molar-refractivity contribution < 1.29 is 15.0 Å². The van der Waals surface area contributed by atoms with Crippen molar-refractivity contribution in [2.75, 3.05) is 13.2 Å². The number of aliphatic hydroxyl groups excluding tert-OH is 1. The average molecular weight is 117 g/mol. The first-order chi connectivity index (χ1) is 3.71. The predicted molar refractivity (Wildman–Crippen MR) is 25.5 cm³/mol. The van der Waals surface area contributed by atoms with Crippen LogP contribution < -0.4 is 5.32 Å². The Labute approximate surface area is 46.1 Å². The number of hydrogen-bond acceptors (Lipinski definition) is 3. The summed E-state index contributed by atoms with van der Waals surface area (Å²) in [6.07, 6.45) is 0. The van der Waals surface area contributed by atoms with Crippen molar-refractivity contribution in [3.63, 3.8) is 0 Å². The molecule has 0 spiro atoms. The lowest BCUT2D eigenvalue weighted by Crippen LogP contribution is -2.31. The van der Waals surface area contributed by atoms with Gasteiger partial charge in [0.05, 0.1) is 6.61 Å². The minimum Gasteiger partial charge on any atom is -0.480 e. The molecule has 1 fully saturated rings. The summed E-state index contributed by atoms with van der Waals surface area (Å²) in [7, 11) is 0. The molecule has 0 aromatic carbocycles. The summed E-state index contributed by atoms with van der Waals surface area (Å²) in [5.41, 5.74) is -0.986. The van der Waals surface area contributed by atoms with E-state index in [4.69, 9.17) is 10.2 Å². The molecule has 3 N–H and O–H groups in total. The van der Waals surface area contributed by atoms with E-state index in [1.165, 1.54) is 0 Å². The van der Waals surface area contributed by atoms with Crippen LogP contribution in [0.4, 0.5) is 0 Å². The van der Waals surface area contributed by atoms with E-state index in [0.29, 0.717) is 6.54 Å². The summed E-state index contributed by atoms with van der Waals surface area (Å²) < 4.78 is 0. The summed E-state index contributed by atoms with van der Waals surface area (Å²) in [5, 5.41) is 19.2. The van der Waals surface area contributed by atoms with Gasteiger partial charge in [0.2, 0.25) is 0 Å². The second kappa shape index (κ2) is 1.43. The monoisotopic (exact) mass is 117 g/mol. The molecule has 46 valence electrons. The second-order valence-corrected chi connectivity index (χ2v) is 1.90. The number of nitrogens with one attached hydrogen (secondary N) is 1. The summed E-state index contributed by atoms with van der Waals surface area (Å²) in [6.45, 7) is 0.0706. The lowest BCUT2D eigenvalue weighted by molar-refractivity contribution is -0.140. The van der Waals surface area contributed by atoms with Crippen LogP contribution in [0.15, 0.2) is 0 Å². The molecular weight excluding hydrogens is 110 g/mol. The molecule has 1 unspecified atom stereocenters. The van der Waals surface area contributed by atoms with E-state index in [9.17, 15) is 4.79 Å². The Balaban J connectivity index is 2.53. The van der Waals surface area contributed by atoms with Gasteiger partial charge >= 0.3 is 5.97 Å². The van der Waals surface area contributed by atoms with E-state index in [0.717, 1.165) is 0 Å². The first kappa shape index (κ1) is 5.53. The molecule has 0 saturated carbocycles. The fourth-order valence-electron chi connectivity index (χ4n) is 0.437. The van der Waals surface area contributed by atoms with Gasteiger partial charge in [0, 0.05) is 6.54 Å². The molecule has 0 bridgehead atoms. The Bertz CT molecular complexity index is 118. The highest BCUT2D eigenvalue weighted by atomic mass is 16.4. The molecule has 1 aliphatic rings. The van der Waals surface area contributed by atoms with E-state index >= 15 is 0 Å². The predicted octanol–water partition coefficient (Wildman–Crippen LogP) is -1.59. The molecule has 1 rings (SSSR count). The fraction of sp³-hybridized carbons (Fsp3) is 0.750. The van der Waals surface area contributed by atoms with Crippen molar-refractivity contribution >= 4 is 5.97 Å². The van der Waals surface area contributed by atoms with Gasteiger partial charge in [0.1, 0.15) is 0 Å². The van der Waals surface area contributed by atoms with Gasteiger partial charge in [0.15, 0.2) is 5.54 Å². The molecule has 8 heavy (non-hydrogen) atoms. The van der Waals surface area contributed by atoms with Crippen LogP contribution >= 0.6 is 0 Å². The Morgan fingerprint density at radius 3 is 2.38 bits per heavy atom. The third-order valence-electron chi connectivity index (χ3n) is 1.28. The zero-order valence-electron chi connectivity index (χ0n) is 4.22.